The Hall–Kier alpha value is -2.21. The van der Waals surface area contributed by atoms with Gasteiger partial charge in [-0.05, 0) is 24.3 Å². The SMILES string of the molecule is COc1ccc(C(=O)OCC(=N)c2nccs2)cc1. The lowest BCUT2D eigenvalue weighted by Crippen LogP contribution is -2.14. The molecule has 0 radical (unpaired) electrons. The number of methoxy groups -OCH3 is 1. The van der Waals surface area contributed by atoms with E-state index in [9.17, 15) is 4.79 Å². The fraction of sp³-hybridized carbons (Fsp3) is 0.154. The maximum atomic E-state index is 11.7. The number of nitrogens with one attached hydrogen (secondary N) is 1. The maximum absolute atomic E-state index is 11.7. The molecule has 19 heavy (non-hydrogen) atoms. The van der Waals surface area contributed by atoms with Crippen LogP contribution in [0.15, 0.2) is 35.8 Å². The molecule has 0 aliphatic rings. The zero-order valence-electron chi connectivity index (χ0n) is 10.3. The smallest absolute Gasteiger partial charge is 0.338 e. The Labute approximate surface area is 114 Å². The summed E-state index contributed by atoms with van der Waals surface area (Å²) in [5, 5.41) is 10.0. The van der Waals surface area contributed by atoms with E-state index in [4.69, 9.17) is 14.9 Å². The van der Waals surface area contributed by atoms with Crippen LogP contribution in [0.4, 0.5) is 0 Å². The van der Waals surface area contributed by atoms with Crippen molar-refractivity contribution >= 4 is 23.0 Å². The second-order valence-electron chi connectivity index (χ2n) is 3.62. The Balaban J connectivity index is 1.92. The van der Waals surface area contributed by atoms with E-state index in [0.29, 0.717) is 16.3 Å². The average molecular weight is 276 g/mol. The average Bonchev–Trinajstić information content (AvgIpc) is 2.98. The van der Waals surface area contributed by atoms with Gasteiger partial charge in [0, 0.05) is 11.6 Å². The summed E-state index contributed by atoms with van der Waals surface area (Å²) in [6.07, 6.45) is 1.61. The first-order chi connectivity index (χ1) is 9.20. The van der Waals surface area contributed by atoms with E-state index in [1.807, 2.05) is 0 Å². The number of rotatable bonds is 5. The Morgan fingerprint density at radius 3 is 2.68 bits per heavy atom. The van der Waals surface area contributed by atoms with Crippen molar-refractivity contribution in [2.75, 3.05) is 13.7 Å². The van der Waals surface area contributed by atoms with Crippen LogP contribution in [0, 0.1) is 5.41 Å². The number of carbonyl (C=O) groups is 1. The van der Waals surface area contributed by atoms with Crippen molar-refractivity contribution in [3.63, 3.8) is 0 Å². The summed E-state index contributed by atoms with van der Waals surface area (Å²) >= 11 is 1.34. The van der Waals surface area contributed by atoms with Crippen LogP contribution in [-0.2, 0) is 4.74 Å². The molecule has 0 bridgehead atoms. The standard InChI is InChI=1S/C13H12N2O3S/c1-17-10-4-2-9(3-5-10)13(16)18-8-11(14)12-15-6-7-19-12/h2-7,14H,8H2,1H3. The van der Waals surface area contributed by atoms with Gasteiger partial charge in [0.15, 0.2) is 0 Å². The van der Waals surface area contributed by atoms with Crippen molar-refractivity contribution in [1.82, 2.24) is 4.98 Å². The topological polar surface area (TPSA) is 72.3 Å². The second-order valence-corrected chi connectivity index (χ2v) is 4.52. The van der Waals surface area contributed by atoms with Crippen LogP contribution in [-0.4, -0.2) is 30.4 Å². The van der Waals surface area contributed by atoms with Gasteiger partial charge in [0.2, 0.25) is 0 Å². The Morgan fingerprint density at radius 2 is 2.11 bits per heavy atom. The Bertz CT molecular complexity index is 564. The van der Waals surface area contributed by atoms with Crippen molar-refractivity contribution in [3.05, 3.63) is 46.4 Å². The van der Waals surface area contributed by atoms with Crippen LogP contribution in [0.2, 0.25) is 0 Å². The highest BCUT2D eigenvalue weighted by Gasteiger charge is 2.10. The molecule has 0 fully saturated rings. The molecule has 0 aliphatic heterocycles. The minimum atomic E-state index is -0.469. The molecule has 0 aliphatic carbocycles. The lowest BCUT2D eigenvalue weighted by Gasteiger charge is -2.05. The van der Waals surface area contributed by atoms with Gasteiger partial charge in [-0.15, -0.1) is 11.3 Å². The quantitative estimate of drug-likeness (QED) is 0.672. The van der Waals surface area contributed by atoms with Gasteiger partial charge in [-0.25, -0.2) is 9.78 Å². The summed E-state index contributed by atoms with van der Waals surface area (Å²) in [5.74, 6) is 0.205. The van der Waals surface area contributed by atoms with Gasteiger partial charge in [-0.3, -0.25) is 5.41 Å². The van der Waals surface area contributed by atoms with Crippen LogP contribution in [0.1, 0.15) is 15.4 Å². The number of esters is 1. The summed E-state index contributed by atoms with van der Waals surface area (Å²) in [7, 11) is 1.56. The number of benzene rings is 1. The van der Waals surface area contributed by atoms with Crippen molar-refractivity contribution in [1.29, 1.82) is 5.41 Å². The largest absolute Gasteiger partial charge is 0.497 e. The molecule has 0 saturated carbocycles. The maximum Gasteiger partial charge on any atom is 0.338 e. The predicted molar refractivity (Wildman–Crippen MR) is 72.2 cm³/mol. The molecule has 5 nitrogen and oxygen atoms in total. The Morgan fingerprint density at radius 1 is 1.37 bits per heavy atom. The highest BCUT2D eigenvalue weighted by atomic mass is 32.1. The van der Waals surface area contributed by atoms with Crippen molar-refractivity contribution in [3.8, 4) is 5.75 Å². The minimum absolute atomic E-state index is 0.0849. The van der Waals surface area contributed by atoms with E-state index in [1.165, 1.54) is 11.3 Å². The first kappa shape index (κ1) is 13.2. The zero-order valence-corrected chi connectivity index (χ0v) is 11.1. The van der Waals surface area contributed by atoms with E-state index in [1.54, 1.807) is 43.0 Å². The highest BCUT2D eigenvalue weighted by molar-refractivity contribution is 7.11. The zero-order chi connectivity index (χ0) is 13.7. The number of hydrogen-bond donors (Lipinski definition) is 1. The van der Waals surface area contributed by atoms with Crippen LogP contribution in [0.5, 0.6) is 5.75 Å². The van der Waals surface area contributed by atoms with Crippen molar-refractivity contribution in [2.24, 2.45) is 0 Å². The fourth-order valence-corrected chi connectivity index (χ4v) is 1.96. The van der Waals surface area contributed by atoms with Gasteiger partial charge in [-0.2, -0.15) is 0 Å². The summed E-state index contributed by atoms with van der Waals surface area (Å²) in [6, 6.07) is 6.60. The molecule has 0 unspecified atom stereocenters. The number of carbonyl (C=O) groups excluding carboxylic acids is 1. The first-order valence-corrected chi connectivity index (χ1v) is 6.37. The predicted octanol–water partition coefficient (Wildman–Crippen LogP) is 2.38. The number of ether oxygens (including phenoxy) is 2. The first-order valence-electron chi connectivity index (χ1n) is 5.49. The molecule has 0 saturated heterocycles. The van der Waals surface area contributed by atoms with Crippen LogP contribution >= 0.6 is 11.3 Å². The number of hydrogen-bond acceptors (Lipinski definition) is 6. The minimum Gasteiger partial charge on any atom is -0.497 e. The fourth-order valence-electron chi connectivity index (χ4n) is 1.38. The summed E-state index contributed by atoms with van der Waals surface area (Å²) in [6.45, 7) is -0.0849. The van der Waals surface area contributed by atoms with E-state index in [-0.39, 0.29) is 12.3 Å². The normalized spacial score (nSPS) is 9.95. The molecular formula is C13H12N2O3S. The molecule has 98 valence electrons. The van der Waals surface area contributed by atoms with E-state index in [2.05, 4.69) is 4.98 Å². The molecule has 0 spiro atoms. The molecule has 2 aromatic rings. The summed E-state index contributed by atoms with van der Waals surface area (Å²) in [4.78, 5) is 15.7. The molecule has 2 rings (SSSR count). The number of aromatic nitrogens is 1. The van der Waals surface area contributed by atoms with Crippen LogP contribution < -0.4 is 4.74 Å². The van der Waals surface area contributed by atoms with E-state index in [0.717, 1.165) is 0 Å². The summed E-state index contributed by atoms with van der Waals surface area (Å²) in [5.41, 5.74) is 0.615. The van der Waals surface area contributed by atoms with Crippen molar-refractivity contribution in [2.45, 2.75) is 0 Å². The van der Waals surface area contributed by atoms with E-state index >= 15 is 0 Å². The molecular weight excluding hydrogens is 264 g/mol. The molecule has 0 atom stereocenters. The van der Waals surface area contributed by atoms with Crippen LogP contribution in [0.3, 0.4) is 0 Å². The van der Waals surface area contributed by atoms with Crippen LogP contribution in [0.25, 0.3) is 0 Å². The molecule has 1 aromatic carbocycles. The monoisotopic (exact) mass is 276 g/mol. The van der Waals surface area contributed by atoms with Gasteiger partial charge >= 0.3 is 5.97 Å². The lowest BCUT2D eigenvalue weighted by molar-refractivity contribution is 0.0563. The van der Waals surface area contributed by atoms with Gasteiger partial charge in [0.25, 0.3) is 0 Å². The van der Waals surface area contributed by atoms with E-state index < -0.39 is 5.97 Å². The third-order valence-electron chi connectivity index (χ3n) is 2.36. The number of nitrogens with zero attached hydrogens (tertiary/aromatic N) is 1. The van der Waals surface area contributed by atoms with Gasteiger partial charge < -0.3 is 9.47 Å². The molecule has 6 heteroatoms. The molecule has 0 amide bonds. The molecule has 1 N–H and O–H groups in total. The molecule has 1 heterocycles. The van der Waals surface area contributed by atoms with Gasteiger partial charge in [-0.1, -0.05) is 0 Å². The lowest BCUT2D eigenvalue weighted by atomic mass is 10.2. The van der Waals surface area contributed by atoms with Gasteiger partial charge in [0.05, 0.1) is 12.7 Å². The third-order valence-corrected chi connectivity index (χ3v) is 3.20. The van der Waals surface area contributed by atoms with Crippen molar-refractivity contribution < 1.29 is 14.3 Å². The number of thiazole rings is 1. The second kappa shape index (κ2) is 6.10. The Kier molecular flexibility index (Phi) is 4.25. The van der Waals surface area contributed by atoms with Gasteiger partial charge in [0.1, 0.15) is 23.1 Å². The highest BCUT2D eigenvalue weighted by Crippen LogP contribution is 2.12. The summed E-state index contributed by atoms with van der Waals surface area (Å²) < 4.78 is 10.1. The molecule has 1 aromatic heterocycles. The third kappa shape index (κ3) is 3.38.